The average Bonchev–Trinajstić information content (AvgIpc) is 2.43. The SMILES string of the molecule is C[Si](C)(C)C#CC1(O)CC1. The summed E-state index contributed by atoms with van der Waals surface area (Å²) in [6.07, 6.45) is 1.76. The Labute approximate surface area is 63.5 Å². The summed E-state index contributed by atoms with van der Waals surface area (Å²) in [5.74, 6) is 2.94. The summed E-state index contributed by atoms with van der Waals surface area (Å²) in [7, 11) is -1.25. The van der Waals surface area contributed by atoms with Gasteiger partial charge in [0.25, 0.3) is 0 Å². The summed E-state index contributed by atoms with van der Waals surface area (Å²) in [5, 5.41) is 9.34. The van der Waals surface area contributed by atoms with Crippen molar-refractivity contribution in [2.24, 2.45) is 0 Å². The van der Waals surface area contributed by atoms with Gasteiger partial charge in [-0.25, -0.2) is 0 Å². The van der Waals surface area contributed by atoms with E-state index in [1.54, 1.807) is 0 Å². The maximum Gasteiger partial charge on any atom is 0.129 e. The van der Waals surface area contributed by atoms with Crippen molar-refractivity contribution in [3.63, 3.8) is 0 Å². The quantitative estimate of drug-likeness (QED) is 0.413. The maximum atomic E-state index is 9.34. The Morgan fingerprint density at radius 1 is 1.30 bits per heavy atom. The van der Waals surface area contributed by atoms with Gasteiger partial charge in [-0.15, -0.1) is 5.54 Å². The number of hydrogen-bond donors (Lipinski definition) is 1. The van der Waals surface area contributed by atoms with Gasteiger partial charge >= 0.3 is 0 Å². The molecule has 1 saturated carbocycles. The molecular weight excluding hydrogens is 140 g/mol. The Hall–Kier alpha value is -0.263. The summed E-state index contributed by atoms with van der Waals surface area (Å²) >= 11 is 0. The molecule has 0 aromatic carbocycles. The van der Waals surface area contributed by atoms with Crippen molar-refractivity contribution in [1.29, 1.82) is 0 Å². The third-order valence-corrected chi connectivity index (χ3v) is 2.27. The van der Waals surface area contributed by atoms with Gasteiger partial charge in [-0.05, 0) is 12.8 Å². The van der Waals surface area contributed by atoms with Gasteiger partial charge in [-0.2, -0.15) is 0 Å². The van der Waals surface area contributed by atoms with Gasteiger partial charge in [-0.1, -0.05) is 25.6 Å². The van der Waals surface area contributed by atoms with E-state index in [1.807, 2.05) is 0 Å². The van der Waals surface area contributed by atoms with Crippen molar-refractivity contribution in [2.45, 2.75) is 38.1 Å². The van der Waals surface area contributed by atoms with Crippen LogP contribution in [0.3, 0.4) is 0 Å². The fraction of sp³-hybridized carbons (Fsp3) is 0.750. The first-order valence-corrected chi connectivity index (χ1v) is 7.18. The van der Waals surface area contributed by atoms with Crippen LogP contribution in [0.1, 0.15) is 12.8 Å². The molecule has 0 spiro atoms. The first-order chi connectivity index (χ1) is 4.41. The topological polar surface area (TPSA) is 20.2 Å². The van der Waals surface area contributed by atoms with Crippen LogP contribution in [0.15, 0.2) is 0 Å². The highest BCUT2D eigenvalue weighted by Crippen LogP contribution is 2.33. The second-order valence-electron chi connectivity index (χ2n) is 4.03. The van der Waals surface area contributed by atoms with E-state index in [4.69, 9.17) is 0 Å². The Balaban J connectivity index is 2.54. The standard InChI is InChI=1S/C8H14OSi/c1-10(2,3)7-6-8(9)4-5-8/h9H,4-5H2,1-3H3. The van der Waals surface area contributed by atoms with Gasteiger partial charge in [0.1, 0.15) is 13.7 Å². The predicted molar refractivity (Wildman–Crippen MR) is 45.3 cm³/mol. The molecule has 1 fully saturated rings. The molecule has 1 rings (SSSR count). The van der Waals surface area contributed by atoms with Gasteiger partial charge in [0.05, 0.1) is 0 Å². The highest BCUT2D eigenvalue weighted by Gasteiger charge is 2.38. The minimum atomic E-state index is -1.25. The van der Waals surface area contributed by atoms with E-state index in [-0.39, 0.29) is 0 Å². The normalized spacial score (nSPS) is 21.2. The minimum Gasteiger partial charge on any atom is -0.378 e. The van der Waals surface area contributed by atoms with Crippen LogP contribution in [0, 0.1) is 11.5 Å². The molecule has 0 aliphatic heterocycles. The molecule has 0 heterocycles. The highest BCUT2D eigenvalue weighted by molar-refractivity contribution is 6.83. The zero-order chi connectivity index (χ0) is 7.83. The molecule has 0 bridgehead atoms. The van der Waals surface area contributed by atoms with E-state index in [1.165, 1.54) is 0 Å². The first-order valence-electron chi connectivity index (χ1n) is 3.68. The molecule has 1 nitrogen and oxygen atoms in total. The average molecular weight is 154 g/mol. The molecule has 2 heteroatoms. The molecule has 56 valence electrons. The highest BCUT2D eigenvalue weighted by atomic mass is 28.3. The van der Waals surface area contributed by atoms with Gasteiger partial charge < -0.3 is 5.11 Å². The van der Waals surface area contributed by atoms with Crippen LogP contribution in [0.25, 0.3) is 0 Å². The summed E-state index contributed by atoms with van der Waals surface area (Å²) in [6, 6.07) is 0. The summed E-state index contributed by atoms with van der Waals surface area (Å²) in [4.78, 5) is 0. The van der Waals surface area contributed by atoms with Crippen LogP contribution in [0.5, 0.6) is 0 Å². The molecule has 0 aromatic rings. The number of hydrogen-bond acceptors (Lipinski definition) is 1. The summed E-state index contributed by atoms with van der Waals surface area (Å²) in [5.41, 5.74) is 2.59. The molecule has 0 radical (unpaired) electrons. The molecule has 0 saturated heterocycles. The van der Waals surface area contributed by atoms with Crippen molar-refractivity contribution in [2.75, 3.05) is 0 Å². The Morgan fingerprint density at radius 3 is 2.10 bits per heavy atom. The first kappa shape index (κ1) is 7.84. The molecule has 1 aliphatic carbocycles. The third kappa shape index (κ3) is 2.55. The van der Waals surface area contributed by atoms with Crippen LogP contribution in [0.2, 0.25) is 19.6 Å². The molecule has 0 aromatic heterocycles. The molecule has 0 amide bonds. The fourth-order valence-corrected chi connectivity index (χ4v) is 1.15. The number of rotatable bonds is 0. The second kappa shape index (κ2) is 2.11. The fourth-order valence-electron chi connectivity index (χ4n) is 0.547. The molecular formula is C8H14OSi. The minimum absolute atomic E-state index is 0.569. The van der Waals surface area contributed by atoms with Crippen LogP contribution >= 0.6 is 0 Å². The van der Waals surface area contributed by atoms with Crippen molar-refractivity contribution in [3.05, 3.63) is 0 Å². The van der Waals surface area contributed by atoms with E-state index in [9.17, 15) is 5.11 Å². The molecule has 0 atom stereocenters. The monoisotopic (exact) mass is 154 g/mol. The summed E-state index contributed by atoms with van der Waals surface area (Å²) < 4.78 is 0. The van der Waals surface area contributed by atoms with E-state index >= 15 is 0 Å². The summed E-state index contributed by atoms with van der Waals surface area (Å²) in [6.45, 7) is 6.56. The van der Waals surface area contributed by atoms with Crippen LogP contribution in [-0.4, -0.2) is 18.8 Å². The van der Waals surface area contributed by atoms with Crippen molar-refractivity contribution >= 4 is 8.07 Å². The maximum absolute atomic E-state index is 9.34. The second-order valence-corrected chi connectivity index (χ2v) is 8.78. The van der Waals surface area contributed by atoms with Gasteiger partial charge in [0, 0.05) is 0 Å². The van der Waals surface area contributed by atoms with E-state index in [2.05, 4.69) is 31.1 Å². The van der Waals surface area contributed by atoms with Crippen molar-refractivity contribution in [3.8, 4) is 11.5 Å². The lowest BCUT2D eigenvalue weighted by Gasteiger charge is -2.04. The number of aliphatic hydroxyl groups is 1. The van der Waals surface area contributed by atoms with Crippen molar-refractivity contribution < 1.29 is 5.11 Å². The van der Waals surface area contributed by atoms with E-state index < -0.39 is 13.7 Å². The molecule has 10 heavy (non-hydrogen) atoms. The zero-order valence-electron chi connectivity index (χ0n) is 6.86. The largest absolute Gasteiger partial charge is 0.378 e. The van der Waals surface area contributed by atoms with Gasteiger partial charge in [0.2, 0.25) is 0 Å². The predicted octanol–water partition coefficient (Wildman–Crippen LogP) is 1.39. The van der Waals surface area contributed by atoms with Crippen LogP contribution in [-0.2, 0) is 0 Å². The smallest absolute Gasteiger partial charge is 0.129 e. The molecule has 1 N–H and O–H groups in total. The third-order valence-electron chi connectivity index (χ3n) is 1.39. The lowest BCUT2D eigenvalue weighted by Crippen LogP contribution is -2.18. The van der Waals surface area contributed by atoms with Gasteiger partial charge in [0.15, 0.2) is 0 Å². The Morgan fingerprint density at radius 2 is 1.80 bits per heavy atom. The van der Waals surface area contributed by atoms with Crippen LogP contribution in [0.4, 0.5) is 0 Å². The van der Waals surface area contributed by atoms with Crippen molar-refractivity contribution in [1.82, 2.24) is 0 Å². The Kier molecular flexibility index (Phi) is 1.66. The molecule has 1 aliphatic rings. The zero-order valence-corrected chi connectivity index (χ0v) is 7.86. The Bertz CT molecular complexity index is 178. The molecule has 0 unspecified atom stereocenters. The lowest BCUT2D eigenvalue weighted by molar-refractivity contribution is 0.212. The van der Waals surface area contributed by atoms with E-state index in [0.29, 0.717) is 0 Å². The van der Waals surface area contributed by atoms with Gasteiger partial charge in [-0.3, -0.25) is 0 Å². The lowest BCUT2D eigenvalue weighted by atomic mass is 10.4. The van der Waals surface area contributed by atoms with Crippen LogP contribution < -0.4 is 0 Å². The van der Waals surface area contributed by atoms with E-state index in [0.717, 1.165) is 12.8 Å².